The predicted octanol–water partition coefficient (Wildman–Crippen LogP) is 5.21. The van der Waals surface area contributed by atoms with E-state index in [2.05, 4.69) is 32.3 Å². The highest BCUT2D eigenvalue weighted by Crippen LogP contribution is 2.28. The molecule has 9 nitrogen and oxygen atoms in total. The van der Waals surface area contributed by atoms with Crippen molar-refractivity contribution < 1.29 is 14.3 Å². The molecule has 1 amide bonds. The Morgan fingerprint density at radius 3 is 2.61 bits per heavy atom. The number of rotatable bonds is 7. The van der Waals surface area contributed by atoms with Crippen LogP contribution >= 0.6 is 0 Å². The number of carbonyl (C=O) groups is 2. The fraction of sp³-hybridized carbons (Fsp3) is 0.222. The lowest BCUT2D eigenvalue weighted by Gasteiger charge is -2.06. The van der Waals surface area contributed by atoms with Crippen LogP contribution in [0.1, 0.15) is 43.1 Å². The average molecular weight is 485 g/mol. The van der Waals surface area contributed by atoms with Gasteiger partial charge in [0.1, 0.15) is 5.65 Å². The number of amides is 1. The summed E-state index contributed by atoms with van der Waals surface area (Å²) in [6, 6.07) is 10.6. The number of hydrogen-bond donors (Lipinski definition) is 2. The summed E-state index contributed by atoms with van der Waals surface area (Å²) in [4.78, 5) is 38.0. The van der Waals surface area contributed by atoms with Gasteiger partial charge in [-0.15, -0.1) is 0 Å². The summed E-state index contributed by atoms with van der Waals surface area (Å²) >= 11 is 0. The summed E-state index contributed by atoms with van der Waals surface area (Å²) in [5.74, 6) is 0.340. The lowest BCUT2D eigenvalue weighted by atomic mass is 9.99. The van der Waals surface area contributed by atoms with E-state index in [1.807, 2.05) is 12.1 Å². The predicted molar refractivity (Wildman–Crippen MR) is 139 cm³/mol. The van der Waals surface area contributed by atoms with Gasteiger partial charge in [-0.25, -0.2) is 14.8 Å². The first kappa shape index (κ1) is 24.6. The van der Waals surface area contributed by atoms with Gasteiger partial charge in [0.25, 0.3) is 0 Å². The normalized spacial score (nSPS) is 10.8. The maximum Gasteiger partial charge on any atom is 0.342 e. The summed E-state index contributed by atoms with van der Waals surface area (Å²) in [7, 11) is 1.57. The number of fused-ring (bicyclic) bond motifs is 2. The molecule has 9 heteroatoms. The zero-order chi connectivity index (χ0) is 24.4. The molecule has 0 aliphatic heterocycles. The zero-order valence-electron chi connectivity index (χ0n) is 19.4. The summed E-state index contributed by atoms with van der Waals surface area (Å²) < 4.78 is 6.43. The van der Waals surface area contributed by atoms with Crippen LogP contribution in [0.25, 0.3) is 33.1 Å². The van der Waals surface area contributed by atoms with Crippen molar-refractivity contribution in [1.82, 2.24) is 30.0 Å². The summed E-state index contributed by atoms with van der Waals surface area (Å²) in [5.41, 5.74) is 3.83. The van der Waals surface area contributed by atoms with Crippen LogP contribution in [0.4, 0.5) is 4.79 Å². The van der Waals surface area contributed by atoms with E-state index in [1.54, 1.807) is 56.2 Å². The monoisotopic (exact) mass is 484 g/mol. The number of ketones is 1. The molecule has 5 aromatic rings. The number of aromatic amines is 1. The third kappa shape index (κ3) is 4.43. The summed E-state index contributed by atoms with van der Waals surface area (Å²) in [5, 5.41) is 8.41. The Morgan fingerprint density at radius 1 is 1.03 bits per heavy atom. The Balaban J connectivity index is 0.00000304. The third-order valence-corrected chi connectivity index (χ3v) is 5.91. The second-order valence-corrected chi connectivity index (χ2v) is 8.12. The van der Waals surface area contributed by atoms with Crippen molar-refractivity contribution in [1.29, 1.82) is 0 Å². The van der Waals surface area contributed by atoms with Crippen LogP contribution in [-0.4, -0.2) is 50.2 Å². The SMILES string of the molecule is C.CCCCNC(=O)n1ncc2c(C(=O)c3c[nH]c4ncc(-c5ccc(OC)nc5)cc34)cccc21. The smallest absolute Gasteiger partial charge is 0.342 e. The van der Waals surface area contributed by atoms with Crippen molar-refractivity contribution in [2.45, 2.75) is 27.2 Å². The first-order valence-corrected chi connectivity index (χ1v) is 11.4. The second-order valence-electron chi connectivity index (χ2n) is 8.12. The van der Waals surface area contributed by atoms with Gasteiger partial charge in [-0.3, -0.25) is 4.79 Å². The number of pyridine rings is 2. The van der Waals surface area contributed by atoms with E-state index in [1.165, 1.54) is 4.68 Å². The van der Waals surface area contributed by atoms with Gasteiger partial charge in [0.05, 0.1) is 18.8 Å². The van der Waals surface area contributed by atoms with Crippen molar-refractivity contribution in [3.8, 4) is 17.0 Å². The highest BCUT2D eigenvalue weighted by atomic mass is 16.5. The van der Waals surface area contributed by atoms with E-state index in [0.29, 0.717) is 45.5 Å². The van der Waals surface area contributed by atoms with Gasteiger partial charge in [-0.05, 0) is 24.6 Å². The molecule has 2 N–H and O–H groups in total. The number of unbranched alkanes of at least 4 members (excludes halogenated alkanes) is 1. The van der Waals surface area contributed by atoms with Crippen molar-refractivity contribution in [3.63, 3.8) is 0 Å². The van der Waals surface area contributed by atoms with Crippen molar-refractivity contribution in [3.05, 3.63) is 72.3 Å². The molecule has 0 aliphatic rings. The van der Waals surface area contributed by atoms with E-state index in [9.17, 15) is 9.59 Å². The van der Waals surface area contributed by atoms with Crippen LogP contribution in [0, 0.1) is 0 Å². The first-order valence-electron chi connectivity index (χ1n) is 11.4. The molecule has 5 rings (SSSR count). The van der Waals surface area contributed by atoms with Crippen molar-refractivity contribution >= 4 is 33.8 Å². The lowest BCUT2D eigenvalue weighted by molar-refractivity contribution is 0.104. The molecule has 1 aromatic carbocycles. The minimum absolute atomic E-state index is 0. The number of benzene rings is 1. The van der Waals surface area contributed by atoms with Crippen LogP contribution in [0.3, 0.4) is 0 Å². The zero-order valence-corrected chi connectivity index (χ0v) is 19.4. The molecule has 4 heterocycles. The Morgan fingerprint density at radius 2 is 1.86 bits per heavy atom. The Kier molecular flexibility index (Phi) is 7.10. The maximum absolute atomic E-state index is 13.6. The van der Waals surface area contributed by atoms with Gasteiger partial charge in [-0.2, -0.15) is 9.78 Å². The number of nitrogens with zero attached hydrogens (tertiary/aromatic N) is 4. The molecule has 36 heavy (non-hydrogen) atoms. The lowest BCUT2D eigenvalue weighted by Crippen LogP contribution is -2.29. The molecule has 0 atom stereocenters. The van der Waals surface area contributed by atoms with Gasteiger partial charge >= 0.3 is 6.03 Å². The van der Waals surface area contributed by atoms with E-state index < -0.39 is 0 Å². The van der Waals surface area contributed by atoms with E-state index in [-0.39, 0.29) is 19.2 Å². The van der Waals surface area contributed by atoms with Gasteiger partial charge in [0.2, 0.25) is 5.88 Å². The number of H-pyrrole nitrogens is 1. The number of nitrogens with one attached hydrogen (secondary N) is 2. The number of carbonyl (C=O) groups excluding carboxylic acids is 2. The highest BCUT2D eigenvalue weighted by molar-refractivity contribution is 6.21. The Hall–Kier alpha value is -4.53. The molecule has 0 aliphatic carbocycles. The third-order valence-electron chi connectivity index (χ3n) is 5.91. The quantitative estimate of drug-likeness (QED) is 0.242. The summed E-state index contributed by atoms with van der Waals surface area (Å²) in [6.45, 7) is 2.63. The molecule has 184 valence electrons. The summed E-state index contributed by atoms with van der Waals surface area (Å²) in [6.07, 6.45) is 8.53. The molecular weight excluding hydrogens is 456 g/mol. The van der Waals surface area contributed by atoms with Gasteiger partial charge in [0, 0.05) is 64.2 Å². The first-order chi connectivity index (χ1) is 17.1. The Bertz CT molecular complexity index is 1530. The Labute approximate surface area is 208 Å². The minimum Gasteiger partial charge on any atom is -0.481 e. The number of ether oxygens (including phenoxy) is 1. The molecule has 0 fully saturated rings. The van der Waals surface area contributed by atoms with Crippen LogP contribution in [-0.2, 0) is 0 Å². The molecule has 0 unspecified atom stereocenters. The fourth-order valence-electron chi connectivity index (χ4n) is 4.02. The highest BCUT2D eigenvalue weighted by Gasteiger charge is 2.20. The molecular formula is C27H28N6O3. The number of methoxy groups -OCH3 is 1. The van der Waals surface area contributed by atoms with Crippen LogP contribution in [0.2, 0.25) is 0 Å². The maximum atomic E-state index is 13.6. The van der Waals surface area contributed by atoms with Crippen molar-refractivity contribution in [2.24, 2.45) is 0 Å². The molecule has 0 radical (unpaired) electrons. The van der Waals surface area contributed by atoms with Crippen molar-refractivity contribution in [2.75, 3.05) is 13.7 Å². The fourth-order valence-corrected chi connectivity index (χ4v) is 4.02. The molecule has 0 bridgehead atoms. The molecule has 0 saturated heterocycles. The number of aromatic nitrogens is 5. The minimum atomic E-state index is -0.313. The largest absolute Gasteiger partial charge is 0.481 e. The molecule has 0 saturated carbocycles. The second kappa shape index (κ2) is 10.4. The van der Waals surface area contributed by atoms with Crippen LogP contribution < -0.4 is 10.1 Å². The topological polar surface area (TPSA) is 115 Å². The van der Waals surface area contributed by atoms with E-state index in [0.717, 1.165) is 24.0 Å². The molecule has 4 aromatic heterocycles. The number of hydrogen-bond acceptors (Lipinski definition) is 6. The van der Waals surface area contributed by atoms with Gasteiger partial charge in [-0.1, -0.05) is 32.9 Å². The van der Waals surface area contributed by atoms with Gasteiger partial charge in [0.15, 0.2) is 5.78 Å². The van der Waals surface area contributed by atoms with Crippen LogP contribution in [0.15, 0.2) is 61.2 Å². The average Bonchev–Trinajstić information content (AvgIpc) is 3.52. The van der Waals surface area contributed by atoms with E-state index >= 15 is 0 Å². The standard InChI is InChI=1S/C26H24N6O3.CH4/c1-3-4-10-27-26(34)32-22-7-5-6-18(20(22)15-31-32)24(33)21-14-30-25-19(21)11-17(13-29-25)16-8-9-23(35-2)28-12-16;/h5-9,11-15H,3-4,10H2,1-2H3,(H,27,34)(H,29,30);1H4. The van der Waals surface area contributed by atoms with Gasteiger partial charge < -0.3 is 15.0 Å². The van der Waals surface area contributed by atoms with Crippen LogP contribution in [0.5, 0.6) is 5.88 Å². The van der Waals surface area contributed by atoms with E-state index in [4.69, 9.17) is 4.74 Å². The molecule has 0 spiro atoms.